The summed E-state index contributed by atoms with van der Waals surface area (Å²) in [5.41, 5.74) is 7.54. The molecule has 4 rings (SSSR count). The normalized spacial score (nSPS) is 11.0. The first-order chi connectivity index (χ1) is 14.1. The number of thioether (sulfide) groups is 1. The van der Waals surface area contributed by atoms with E-state index in [0.717, 1.165) is 28.8 Å². The fourth-order valence-electron chi connectivity index (χ4n) is 3.34. The van der Waals surface area contributed by atoms with E-state index in [4.69, 9.17) is 0 Å². The first kappa shape index (κ1) is 19.5. The number of rotatable bonds is 6. The fraction of sp³-hybridized carbons (Fsp3) is 0.200. The minimum atomic E-state index is 0.756. The van der Waals surface area contributed by atoms with Crippen molar-refractivity contribution in [3.8, 4) is 5.69 Å². The van der Waals surface area contributed by atoms with Crippen LogP contribution in [0.25, 0.3) is 5.69 Å². The van der Waals surface area contributed by atoms with Crippen LogP contribution in [0.5, 0.6) is 0 Å². The fourth-order valence-corrected chi connectivity index (χ4v) is 4.37. The number of benzene rings is 3. The molecule has 0 radical (unpaired) electrons. The van der Waals surface area contributed by atoms with Gasteiger partial charge in [0.15, 0.2) is 5.16 Å². The Balaban J connectivity index is 1.67. The van der Waals surface area contributed by atoms with Gasteiger partial charge in [0.25, 0.3) is 0 Å². The Morgan fingerprint density at radius 2 is 1.52 bits per heavy atom. The van der Waals surface area contributed by atoms with Crippen molar-refractivity contribution in [2.45, 2.75) is 38.1 Å². The highest BCUT2D eigenvalue weighted by Gasteiger charge is 2.15. The Kier molecular flexibility index (Phi) is 5.81. The molecule has 146 valence electrons. The topological polar surface area (TPSA) is 30.7 Å². The lowest BCUT2D eigenvalue weighted by Crippen LogP contribution is -2.04. The molecule has 1 heterocycles. The molecule has 0 aliphatic carbocycles. The van der Waals surface area contributed by atoms with Crippen molar-refractivity contribution in [2.24, 2.45) is 0 Å². The molecule has 0 N–H and O–H groups in total. The molecule has 4 aromatic rings. The number of aromatic nitrogens is 3. The first-order valence-corrected chi connectivity index (χ1v) is 10.8. The zero-order valence-electron chi connectivity index (χ0n) is 17.1. The maximum absolute atomic E-state index is 4.55. The SMILES string of the molecule is Cc1ccc(-n2c(Cc3ccccc3)nnc2SCc2cc(C)ccc2C)cc1. The minimum absolute atomic E-state index is 0.756. The monoisotopic (exact) mass is 399 g/mol. The second-order valence-corrected chi connectivity index (χ2v) is 8.39. The lowest BCUT2D eigenvalue weighted by Gasteiger charge is -2.12. The Bertz CT molecular complexity index is 1100. The standard InChI is InChI=1S/C25H25N3S/c1-18-10-13-23(14-11-18)28-24(16-21-7-5-4-6-8-21)26-27-25(28)29-17-22-15-19(2)9-12-20(22)3/h4-15H,16-17H2,1-3H3. The molecule has 0 aliphatic rings. The summed E-state index contributed by atoms with van der Waals surface area (Å²) in [6, 6.07) is 25.6. The molecule has 29 heavy (non-hydrogen) atoms. The molecule has 4 heteroatoms. The van der Waals surface area contributed by atoms with Gasteiger partial charge >= 0.3 is 0 Å². The molecule has 0 atom stereocenters. The lowest BCUT2D eigenvalue weighted by molar-refractivity contribution is 0.847. The Labute approximate surface area is 176 Å². The molecule has 0 spiro atoms. The van der Waals surface area contributed by atoms with Gasteiger partial charge in [-0.2, -0.15) is 0 Å². The van der Waals surface area contributed by atoms with Crippen LogP contribution in [-0.4, -0.2) is 14.8 Å². The van der Waals surface area contributed by atoms with Crippen molar-refractivity contribution in [3.05, 3.63) is 106 Å². The second-order valence-electron chi connectivity index (χ2n) is 7.45. The van der Waals surface area contributed by atoms with E-state index in [1.54, 1.807) is 11.8 Å². The molecular weight excluding hydrogens is 374 g/mol. The molecule has 3 aromatic carbocycles. The zero-order chi connectivity index (χ0) is 20.2. The summed E-state index contributed by atoms with van der Waals surface area (Å²) in [5.74, 6) is 1.84. The zero-order valence-corrected chi connectivity index (χ0v) is 17.9. The maximum Gasteiger partial charge on any atom is 0.196 e. The molecule has 0 amide bonds. The third kappa shape index (κ3) is 4.60. The van der Waals surface area contributed by atoms with Crippen molar-refractivity contribution < 1.29 is 0 Å². The van der Waals surface area contributed by atoms with Crippen LogP contribution in [0.2, 0.25) is 0 Å². The molecule has 0 saturated heterocycles. The number of aryl methyl sites for hydroxylation is 3. The van der Waals surface area contributed by atoms with Crippen LogP contribution in [0.4, 0.5) is 0 Å². The van der Waals surface area contributed by atoms with Gasteiger partial charge in [-0.25, -0.2) is 0 Å². The van der Waals surface area contributed by atoms with Crippen LogP contribution < -0.4 is 0 Å². The summed E-state index contributed by atoms with van der Waals surface area (Å²) in [7, 11) is 0. The highest BCUT2D eigenvalue weighted by atomic mass is 32.2. The molecule has 0 unspecified atom stereocenters. The van der Waals surface area contributed by atoms with Crippen molar-refractivity contribution in [1.29, 1.82) is 0 Å². The molecular formula is C25H25N3S. The molecule has 0 fully saturated rings. The Hall–Kier alpha value is -2.85. The summed E-state index contributed by atoms with van der Waals surface area (Å²) < 4.78 is 2.20. The van der Waals surface area contributed by atoms with Crippen molar-refractivity contribution >= 4 is 11.8 Å². The maximum atomic E-state index is 4.55. The van der Waals surface area contributed by atoms with E-state index in [1.165, 1.54) is 27.8 Å². The van der Waals surface area contributed by atoms with Gasteiger partial charge in [-0.3, -0.25) is 4.57 Å². The van der Waals surface area contributed by atoms with Gasteiger partial charge in [0.05, 0.1) is 0 Å². The summed E-state index contributed by atoms with van der Waals surface area (Å²) in [6.45, 7) is 6.41. The smallest absolute Gasteiger partial charge is 0.196 e. The van der Waals surface area contributed by atoms with Crippen LogP contribution in [-0.2, 0) is 12.2 Å². The summed E-state index contributed by atoms with van der Waals surface area (Å²) >= 11 is 1.74. The highest BCUT2D eigenvalue weighted by Crippen LogP contribution is 2.28. The summed E-state index contributed by atoms with van der Waals surface area (Å²) in [6.07, 6.45) is 0.756. The van der Waals surface area contributed by atoms with Crippen LogP contribution >= 0.6 is 11.8 Å². The number of hydrogen-bond donors (Lipinski definition) is 0. The largest absolute Gasteiger partial charge is 0.274 e. The minimum Gasteiger partial charge on any atom is -0.274 e. The summed E-state index contributed by atoms with van der Waals surface area (Å²) in [5, 5.41) is 10.0. The van der Waals surface area contributed by atoms with Gasteiger partial charge in [0, 0.05) is 17.9 Å². The number of hydrogen-bond acceptors (Lipinski definition) is 3. The van der Waals surface area contributed by atoms with Gasteiger partial charge in [-0.1, -0.05) is 83.6 Å². The van der Waals surface area contributed by atoms with Gasteiger partial charge < -0.3 is 0 Å². The van der Waals surface area contributed by atoms with E-state index >= 15 is 0 Å². The van der Waals surface area contributed by atoms with Crippen molar-refractivity contribution in [3.63, 3.8) is 0 Å². The molecule has 0 aliphatic heterocycles. The van der Waals surface area contributed by atoms with E-state index in [1.807, 2.05) is 6.07 Å². The van der Waals surface area contributed by atoms with Gasteiger partial charge in [0.2, 0.25) is 0 Å². The Morgan fingerprint density at radius 3 is 2.28 bits per heavy atom. The van der Waals surface area contributed by atoms with E-state index in [2.05, 4.69) is 102 Å². The van der Waals surface area contributed by atoms with E-state index < -0.39 is 0 Å². The van der Waals surface area contributed by atoms with Crippen molar-refractivity contribution in [1.82, 2.24) is 14.8 Å². The number of nitrogens with zero attached hydrogens (tertiary/aromatic N) is 3. The summed E-state index contributed by atoms with van der Waals surface area (Å²) in [4.78, 5) is 0. The van der Waals surface area contributed by atoms with Gasteiger partial charge in [-0.15, -0.1) is 10.2 Å². The Morgan fingerprint density at radius 1 is 0.793 bits per heavy atom. The molecule has 1 aromatic heterocycles. The van der Waals surface area contributed by atoms with E-state index in [9.17, 15) is 0 Å². The van der Waals surface area contributed by atoms with Crippen LogP contribution in [0.3, 0.4) is 0 Å². The van der Waals surface area contributed by atoms with Gasteiger partial charge in [0.1, 0.15) is 5.82 Å². The van der Waals surface area contributed by atoms with Crippen molar-refractivity contribution in [2.75, 3.05) is 0 Å². The van der Waals surface area contributed by atoms with E-state index in [0.29, 0.717) is 0 Å². The quantitative estimate of drug-likeness (QED) is 0.368. The van der Waals surface area contributed by atoms with Gasteiger partial charge in [-0.05, 0) is 49.6 Å². The molecule has 0 saturated carbocycles. The van der Waals surface area contributed by atoms with Crippen LogP contribution in [0.1, 0.15) is 33.6 Å². The third-order valence-electron chi connectivity index (χ3n) is 5.06. The predicted octanol–water partition coefficient (Wildman–Crippen LogP) is 6.08. The third-order valence-corrected chi connectivity index (χ3v) is 6.04. The van der Waals surface area contributed by atoms with E-state index in [-0.39, 0.29) is 0 Å². The molecule has 3 nitrogen and oxygen atoms in total. The average Bonchev–Trinajstić information content (AvgIpc) is 3.12. The highest BCUT2D eigenvalue weighted by molar-refractivity contribution is 7.98. The predicted molar refractivity (Wildman–Crippen MR) is 121 cm³/mol. The van der Waals surface area contributed by atoms with Crippen LogP contribution in [0, 0.1) is 20.8 Å². The van der Waals surface area contributed by atoms with Crippen LogP contribution in [0.15, 0.2) is 78.0 Å². The first-order valence-electron chi connectivity index (χ1n) is 9.84. The lowest BCUT2D eigenvalue weighted by atomic mass is 10.1. The molecule has 0 bridgehead atoms. The average molecular weight is 400 g/mol. The second kappa shape index (κ2) is 8.66.